The van der Waals surface area contributed by atoms with E-state index in [1.807, 2.05) is 11.0 Å². The van der Waals surface area contributed by atoms with E-state index < -0.39 is 0 Å². The van der Waals surface area contributed by atoms with Gasteiger partial charge in [0.25, 0.3) is 0 Å². The molecule has 1 amide bonds. The number of hydrogen-bond acceptors (Lipinski definition) is 2. The second-order valence-electron chi connectivity index (χ2n) is 5.89. The maximum absolute atomic E-state index is 14.0. The van der Waals surface area contributed by atoms with E-state index in [0.29, 0.717) is 18.0 Å². The van der Waals surface area contributed by atoms with Gasteiger partial charge in [0.2, 0.25) is 5.91 Å². The fraction of sp³-hybridized carbons (Fsp3) is 0.562. The summed E-state index contributed by atoms with van der Waals surface area (Å²) in [5.74, 6) is 0.383. The normalized spacial score (nSPS) is 25.4. The molecule has 0 radical (unpaired) electrons. The second kappa shape index (κ2) is 5.52. The lowest BCUT2D eigenvalue weighted by Crippen LogP contribution is -2.41. The van der Waals surface area contributed by atoms with Gasteiger partial charge in [0.05, 0.1) is 6.54 Å². The van der Waals surface area contributed by atoms with E-state index in [4.69, 9.17) is 0 Å². The summed E-state index contributed by atoms with van der Waals surface area (Å²) in [5.41, 5.74) is 0.572. The molecule has 1 aliphatic carbocycles. The van der Waals surface area contributed by atoms with Gasteiger partial charge in [0.1, 0.15) is 12.0 Å². The van der Waals surface area contributed by atoms with Gasteiger partial charge in [-0.05, 0) is 31.7 Å². The fourth-order valence-corrected chi connectivity index (χ4v) is 3.60. The van der Waals surface area contributed by atoms with Crippen LogP contribution in [0.15, 0.2) is 24.3 Å². The van der Waals surface area contributed by atoms with Crippen LogP contribution < -0.4 is 5.32 Å². The Labute approximate surface area is 119 Å². The van der Waals surface area contributed by atoms with Crippen molar-refractivity contribution in [3.8, 4) is 0 Å². The molecule has 3 nitrogen and oxygen atoms in total. The predicted molar refractivity (Wildman–Crippen MR) is 75.4 cm³/mol. The first-order chi connectivity index (χ1) is 9.68. The smallest absolute Gasteiger partial charge is 0.238 e. The van der Waals surface area contributed by atoms with E-state index >= 15 is 0 Å². The molecule has 0 spiro atoms. The molecule has 0 aromatic heterocycles. The predicted octanol–water partition coefficient (Wildman–Crippen LogP) is 2.83. The number of nitrogens with zero attached hydrogens (tertiary/aromatic N) is 1. The monoisotopic (exact) mass is 276 g/mol. The van der Waals surface area contributed by atoms with Gasteiger partial charge >= 0.3 is 0 Å². The van der Waals surface area contributed by atoms with Crippen LogP contribution in [0.1, 0.15) is 44.3 Å². The Hall–Kier alpha value is -1.42. The van der Waals surface area contributed by atoms with Crippen molar-refractivity contribution in [1.82, 2.24) is 10.2 Å². The Bertz CT molecular complexity index is 499. The van der Waals surface area contributed by atoms with E-state index in [1.165, 1.54) is 31.7 Å². The topological polar surface area (TPSA) is 32.3 Å². The van der Waals surface area contributed by atoms with E-state index in [-0.39, 0.29) is 23.9 Å². The average molecular weight is 276 g/mol. The molecule has 1 saturated heterocycles. The number of nitrogens with one attached hydrogen (secondary N) is 1. The molecule has 2 fully saturated rings. The Morgan fingerprint density at radius 1 is 1.30 bits per heavy atom. The minimum atomic E-state index is -0.320. The molecule has 1 heterocycles. The van der Waals surface area contributed by atoms with Gasteiger partial charge in [0, 0.05) is 11.6 Å². The molecule has 108 valence electrons. The number of hydrogen-bond donors (Lipinski definition) is 1. The van der Waals surface area contributed by atoms with Gasteiger partial charge in [-0.1, -0.05) is 31.0 Å². The number of rotatable bonds is 3. The van der Waals surface area contributed by atoms with Crippen molar-refractivity contribution in [2.45, 2.75) is 44.8 Å². The highest BCUT2D eigenvalue weighted by atomic mass is 19.1. The van der Waals surface area contributed by atoms with Crippen LogP contribution in [0.4, 0.5) is 4.39 Å². The van der Waals surface area contributed by atoms with Gasteiger partial charge in [0.15, 0.2) is 0 Å². The number of halogens is 1. The Morgan fingerprint density at radius 2 is 2.00 bits per heavy atom. The SMILES string of the molecule is CC(C1CCCC1)N1C(=O)CNC1c1ccccc1F. The first kappa shape index (κ1) is 13.6. The maximum atomic E-state index is 14.0. The lowest BCUT2D eigenvalue weighted by atomic mass is 9.97. The van der Waals surface area contributed by atoms with Crippen LogP contribution in [0.5, 0.6) is 0 Å². The summed E-state index contributed by atoms with van der Waals surface area (Å²) < 4.78 is 14.0. The van der Waals surface area contributed by atoms with Crippen LogP contribution in [-0.2, 0) is 4.79 Å². The summed E-state index contributed by atoms with van der Waals surface area (Å²) in [6.45, 7) is 2.41. The van der Waals surface area contributed by atoms with Gasteiger partial charge in [-0.15, -0.1) is 0 Å². The van der Waals surface area contributed by atoms with Crippen LogP contribution in [0.2, 0.25) is 0 Å². The zero-order chi connectivity index (χ0) is 14.1. The third kappa shape index (κ3) is 2.33. The molecule has 1 aliphatic heterocycles. The molecular weight excluding hydrogens is 255 g/mol. The Balaban J connectivity index is 1.86. The standard InChI is InChI=1S/C16H21FN2O/c1-11(12-6-2-3-7-12)19-15(20)10-18-16(19)13-8-4-5-9-14(13)17/h4-5,8-9,11-12,16,18H,2-3,6-7,10H2,1H3. The van der Waals surface area contributed by atoms with Gasteiger partial charge in [-0.25, -0.2) is 4.39 Å². The lowest BCUT2D eigenvalue weighted by Gasteiger charge is -2.34. The van der Waals surface area contributed by atoms with E-state index in [2.05, 4.69) is 12.2 Å². The van der Waals surface area contributed by atoms with Crippen molar-refractivity contribution in [3.05, 3.63) is 35.6 Å². The molecule has 2 unspecified atom stereocenters. The molecule has 4 heteroatoms. The first-order valence-electron chi connectivity index (χ1n) is 7.47. The van der Waals surface area contributed by atoms with Gasteiger partial charge in [-0.2, -0.15) is 0 Å². The van der Waals surface area contributed by atoms with Gasteiger partial charge in [-0.3, -0.25) is 10.1 Å². The number of carbonyl (C=O) groups excluding carboxylic acids is 1. The number of benzene rings is 1. The number of amides is 1. The molecule has 1 aromatic carbocycles. The zero-order valence-corrected chi connectivity index (χ0v) is 11.8. The summed E-state index contributed by atoms with van der Waals surface area (Å²) in [6, 6.07) is 6.89. The quantitative estimate of drug-likeness (QED) is 0.920. The fourth-order valence-electron chi connectivity index (χ4n) is 3.60. The third-order valence-electron chi connectivity index (χ3n) is 4.73. The van der Waals surface area contributed by atoms with Gasteiger partial charge < -0.3 is 4.90 Å². The third-order valence-corrected chi connectivity index (χ3v) is 4.73. The summed E-state index contributed by atoms with van der Waals surface area (Å²) in [5, 5.41) is 3.15. The highest BCUT2D eigenvalue weighted by Crippen LogP contribution is 2.35. The molecule has 1 aromatic rings. The first-order valence-corrected chi connectivity index (χ1v) is 7.47. The molecule has 20 heavy (non-hydrogen) atoms. The maximum Gasteiger partial charge on any atom is 0.238 e. The molecule has 3 rings (SSSR count). The van der Waals surface area contributed by atoms with Crippen molar-refractivity contribution < 1.29 is 9.18 Å². The van der Waals surface area contributed by atoms with Crippen LogP contribution in [0.3, 0.4) is 0 Å². The summed E-state index contributed by atoms with van der Waals surface area (Å²) in [7, 11) is 0. The van der Waals surface area contributed by atoms with Crippen molar-refractivity contribution in [2.75, 3.05) is 6.54 Å². The molecule has 2 atom stereocenters. The van der Waals surface area contributed by atoms with E-state index in [1.54, 1.807) is 12.1 Å². The highest BCUT2D eigenvalue weighted by molar-refractivity contribution is 5.81. The molecule has 2 aliphatic rings. The van der Waals surface area contributed by atoms with Crippen LogP contribution in [-0.4, -0.2) is 23.4 Å². The van der Waals surface area contributed by atoms with Crippen molar-refractivity contribution >= 4 is 5.91 Å². The van der Waals surface area contributed by atoms with Crippen LogP contribution in [0.25, 0.3) is 0 Å². The summed E-state index contributed by atoms with van der Waals surface area (Å²) in [6.07, 6.45) is 4.52. The lowest BCUT2D eigenvalue weighted by molar-refractivity contribution is -0.131. The van der Waals surface area contributed by atoms with Crippen molar-refractivity contribution in [2.24, 2.45) is 5.92 Å². The summed E-state index contributed by atoms with van der Waals surface area (Å²) in [4.78, 5) is 14.1. The summed E-state index contributed by atoms with van der Waals surface area (Å²) >= 11 is 0. The molecule has 1 N–H and O–H groups in total. The van der Waals surface area contributed by atoms with E-state index in [0.717, 1.165) is 0 Å². The minimum Gasteiger partial charge on any atom is -0.319 e. The molecule has 0 bridgehead atoms. The van der Waals surface area contributed by atoms with Crippen LogP contribution >= 0.6 is 0 Å². The minimum absolute atomic E-state index is 0.0812. The average Bonchev–Trinajstić information content (AvgIpc) is 3.08. The Kier molecular flexibility index (Phi) is 3.74. The van der Waals surface area contributed by atoms with Crippen molar-refractivity contribution in [3.63, 3.8) is 0 Å². The van der Waals surface area contributed by atoms with Crippen molar-refractivity contribution in [1.29, 1.82) is 0 Å². The van der Waals surface area contributed by atoms with E-state index in [9.17, 15) is 9.18 Å². The van der Waals surface area contributed by atoms with Crippen LogP contribution in [0, 0.1) is 11.7 Å². The largest absolute Gasteiger partial charge is 0.319 e. The highest BCUT2D eigenvalue weighted by Gasteiger charge is 2.39. The second-order valence-corrected chi connectivity index (χ2v) is 5.89. The Morgan fingerprint density at radius 3 is 2.70 bits per heavy atom. The zero-order valence-electron chi connectivity index (χ0n) is 11.8. The number of carbonyl (C=O) groups is 1. The molecular formula is C16H21FN2O. The molecule has 1 saturated carbocycles.